The highest BCUT2D eigenvalue weighted by Gasteiger charge is 2.17. The smallest absolute Gasteiger partial charge is 0.248 e. The van der Waals surface area contributed by atoms with Crippen molar-refractivity contribution in [1.29, 1.82) is 0 Å². The van der Waals surface area contributed by atoms with Gasteiger partial charge in [0.05, 0.1) is 11.4 Å². The fraction of sp³-hybridized carbons (Fsp3) is 0.133. The molecular formula is C15H11ClFN5O. The number of fused-ring (bicyclic) bond motifs is 1. The number of aryl methyl sites for hydroxylation is 2. The number of nitrogens with zero attached hydrogens (tertiary/aromatic N) is 4. The molecule has 0 saturated heterocycles. The largest absolute Gasteiger partial charge is 0.366 e. The maximum absolute atomic E-state index is 14.4. The van der Waals surface area contributed by atoms with Crippen molar-refractivity contribution in [2.24, 2.45) is 5.73 Å². The van der Waals surface area contributed by atoms with E-state index in [2.05, 4.69) is 19.9 Å². The third-order valence-electron chi connectivity index (χ3n) is 3.42. The molecule has 23 heavy (non-hydrogen) atoms. The third-order valence-corrected chi connectivity index (χ3v) is 3.59. The number of halogens is 2. The summed E-state index contributed by atoms with van der Waals surface area (Å²) in [5, 5.41) is -0.0663. The Morgan fingerprint density at radius 2 is 1.83 bits per heavy atom. The van der Waals surface area contributed by atoms with E-state index < -0.39 is 11.7 Å². The number of hydrogen-bond donors (Lipinski definition) is 1. The van der Waals surface area contributed by atoms with E-state index in [-0.39, 0.29) is 27.8 Å². The molecule has 0 radical (unpaired) electrons. The van der Waals surface area contributed by atoms with Gasteiger partial charge < -0.3 is 5.73 Å². The molecule has 1 aromatic carbocycles. The number of aromatic nitrogens is 4. The van der Waals surface area contributed by atoms with E-state index in [1.165, 1.54) is 12.1 Å². The lowest BCUT2D eigenvalue weighted by Gasteiger charge is -2.09. The molecule has 0 atom stereocenters. The van der Waals surface area contributed by atoms with Crippen LogP contribution in [0, 0.1) is 19.7 Å². The van der Waals surface area contributed by atoms with E-state index in [1.54, 1.807) is 13.8 Å². The lowest BCUT2D eigenvalue weighted by Crippen LogP contribution is -2.11. The molecule has 1 amide bonds. The summed E-state index contributed by atoms with van der Waals surface area (Å²) < 4.78 is 14.4. The Kier molecular flexibility index (Phi) is 3.65. The van der Waals surface area contributed by atoms with Crippen LogP contribution < -0.4 is 5.73 Å². The number of carbonyl (C=O) groups is 1. The molecule has 2 heterocycles. The minimum Gasteiger partial charge on any atom is -0.366 e. The molecule has 3 rings (SSSR count). The van der Waals surface area contributed by atoms with Gasteiger partial charge in [-0.15, -0.1) is 0 Å². The number of carbonyl (C=O) groups excluding carboxylic acids is 1. The topological polar surface area (TPSA) is 94.6 Å². The minimum atomic E-state index is -0.715. The molecule has 2 aromatic heterocycles. The zero-order chi connectivity index (χ0) is 16.7. The molecule has 0 saturated carbocycles. The first-order chi connectivity index (χ1) is 10.9. The lowest BCUT2D eigenvalue weighted by atomic mass is 10.1. The molecule has 0 spiro atoms. The fourth-order valence-corrected chi connectivity index (χ4v) is 2.30. The van der Waals surface area contributed by atoms with Gasteiger partial charge in [-0.05, 0) is 43.6 Å². The SMILES string of the molecule is Cc1nc2nc(Cl)nc(-c3ccc(C(N)=O)cc3F)c2nc1C. The Hall–Kier alpha value is -2.67. The highest BCUT2D eigenvalue weighted by molar-refractivity contribution is 6.28. The van der Waals surface area contributed by atoms with E-state index >= 15 is 0 Å². The van der Waals surface area contributed by atoms with Gasteiger partial charge in [-0.2, -0.15) is 4.98 Å². The van der Waals surface area contributed by atoms with Crippen molar-refractivity contribution >= 4 is 28.7 Å². The molecule has 8 heteroatoms. The summed E-state index contributed by atoms with van der Waals surface area (Å²) >= 11 is 5.91. The molecule has 2 N–H and O–H groups in total. The first-order valence-corrected chi connectivity index (χ1v) is 7.03. The van der Waals surface area contributed by atoms with Crippen molar-refractivity contribution in [2.45, 2.75) is 13.8 Å². The van der Waals surface area contributed by atoms with Crippen molar-refractivity contribution in [3.8, 4) is 11.3 Å². The van der Waals surface area contributed by atoms with Crippen LogP contribution in [0.2, 0.25) is 5.28 Å². The minimum absolute atomic E-state index is 0.0637. The number of rotatable bonds is 2. The molecule has 0 unspecified atom stereocenters. The maximum atomic E-state index is 14.4. The number of nitrogens with two attached hydrogens (primary N) is 1. The third kappa shape index (κ3) is 2.70. The van der Waals surface area contributed by atoms with Crippen molar-refractivity contribution < 1.29 is 9.18 Å². The highest BCUT2D eigenvalue weighted by Crippen LogP contribution is 2.28. The first-order valence-electron chi connectivity index (χ1n) is 6.65. The number of primary amides is 1. The summed E-state index contributed by atoms with van der Waals surface area (Å²) in [6, 6.07) is 3.87. The quantitative estimate of drug-likeness (QED) is 0.728. The number of benzene rings is 1. The van der Waals surface area contributed by atoms with Crippen molar-refractivity contribution in [3.63, 3.8) is 0 Å². The number of amides is 1. The van der Waals surface area contributed by atoms with Crippen LogP contribution in [-0.2, 0) is 0 Å². The van der Waals surface area contributed by atoms with Crippen LogP contribution in [0.15, 0.2) is 18.2 Å². The zero-order valence-electron chi connectivity index (χ0n) is 12.3. The lowest BCUT2D eigenvalue weighted by molar-refractivity contribution is 0.1000. The van der Waals surface area contributed by atoms with Crippen LogP contribution in [0.5, 0.6) is 0 Å². The van der Waals surface area contributed by atoms with Crippen LogP contribution in [0.1, 0.15) is 21.7 Å². The molecular weight excluding hydrogens is 321 g/mol. The Balaban J connectivity index is 2.31. The molecule has 0 aliphatic heterocycles. The molecule has 0 fully saturated rings. The van der Waals surface area contributed by atoms with Crippen LogP contribution in [-0.4, -0.2) is 25.8 Å². The standard InChI is InChI=1S/C15H11ClFN5O/c1-6-7(2)20-14-12(19-6)11(21-15(16)22-14)9-4-3-8(13(18)23)5-10(9)17/h3-5H,1-2H3,(H2,18,23). The molecule has 0 bridgehead atoms. The second-order valence-corrected chi connectivity index (χ2v) is 5.30. The molecule has 116 valence electrons. The summed E-state index contributed by atoms with van der Waals surface area (Å²) in [7, 11) is 0. The van der Waals surface area contributed by atoms with Gasteiger partial charge in [-0.1, -0.05) is 0 Å². The predicted octanol–water partition coefficient (Wildman–Crippen LogP) is 2.60. The van der Waals surface area contributed by atoms with Crippen LogP contribution in [0.4, 0.5) is 4.39 Å². The summed E-state index contributed by atoms with van der Waals surface area (Å²) in [5.74, 6) is -1.37. The van der Waals surface area contributed by atoms with E-state index in [4.69, 9.17) is 17.3 Å². The van der Waals surface area contributed by atoms with Gasteiger partial charge in [0.2, 0.25) is 11.2 Å². The Labute approximate surface area is 135 Å². The monoisotopic (exact) mass is 331 g/mol. The normalized spacial score (nSPS) is 11.0. The van der Waals surface area contributed by atoms with Crippen LogP contribution in [0.3, 0.4) is 0 Å². The van der Waals surface area contributed by atoms with Crippen molar-refractivity contribution in [2.75, 3.05) is 0 Å². The highest BCUT2D eigenvalue weighted by atomic mass is 35.5. The van der Waals surface area contributed by atoms with Crippen molar-refractivity contribution in [1.82, 2.24) is 19.9 Å². The van der Waals surface area contributed by atoms with Gasteiger partial charge in [-0.25, -0.2) is 19.3 Å². The second kappa shape index (κ2) is 5.51. The zero-order valence-corrected chi connectivity index (χ0v) is 13.0. The van der Waals surface area contributed by atoms with Crippen LogP contribution >= 0.6 is 11.6 Å². The Bertz CT molecular complexity index is 960. The maximum Gasteiger partial charge on any atom is 0.248 e. The van der Waals surface area contributed by atoms with Gasteiger partial charge in [0.25, 0.3) is 0 Å². The summed E-state index contributed by atoms with van der Waals surface area (Å²) in [4.78, 5) is 27.9. The van der Waals surface area contributed by atoms with Gasteiger partial charge in [0.1, 0.15) is 17.0 Å². The van der Waals surface area contributed by atoms with Gasteiger partial charge >= 0.3 is 0 Å². The number of hydrogen-bond acceptors (Lipinski definition) is 5. The van der Waals surface area contributed by atoms with Gasteiger partial charge in [0.15, 0.2) is 5.65 Å². The molecule has 6 nitrogen and oxygen atoms in total. The van der Waals surface area contributed by atoms with Gasteiger partial charge in [0, 0.05) is 11.1 Å². The van der Waals surface area contributed by atoms with Crippen LogP contribution in [0.25, 0.3) is 22.4 Å². The average molecular weight is 332 g/mol. The van der Waals surface area contributed by atoms with Gasteiger partial charge in [-0.3, -0.25) is 4.79 Å². The molecule has 0 aliphatic carbocycles. The molecule has 3 aromatic rings. The Morgan fingerprint density at radius 1 is 1.13 bits per heavy atom. The van der Waals surface area contributed by atoms with E-state index in [0.717, 1.165) is 6.07 Å². The van der Waals surface area contributed by atoms with E-state index in [0.29, 0.717) is 16.9 Å². The predicted molar refractivity (Wildman–Crippen MR) is 83.5 cm³/mol. The fourth-order valence-electron chi connectivity index (χ4n) is 2.13. The van der Waals surface area contributed by atoms with E-state index in [9.17, 15) is 9.18 Å². The van der Waals surface area contributed by atoms with E-state index in [1.807, 2.05) is 0 Å². The summed E-state index contributed by atoms with van der Waals surface area (Å²) in [5.41, 5.74) is 7.56. The first kappa shape index (κ1) is 15.2. The van der Waals surface area contributed by atoms with Crippen molar-refractivity contribution in [3.05, 3.63) is 46.3 Å². The molecule has 0 aliphatic rings. The second-order valence-electron chi connectivity index (χ2n) is 4.97. The Morgan fingerprint density at radius 3 is 2.48 bits per heavy atom. The summed E-state index contributed by atoms with van der Waals surface area (Å²) in [6.45, 7) is 3.58. The average Bonchev–Trinajstić information content (AvgIpc) is 2.48. The summed E-state index contributed by atoms with van der Waals surface area (Å²) in [6.07, 6.45) is 0.